The molecule has 0 spiro atoms. The molecule has 0 unspecified atom stereocenters. The van der Waals surface area contributed by atoms with Crippen LogP contribution in [0.4, 0.5) is 20.6 Å². The van der Waals surface area contributed by atoms with Crippen molar-refractivity contribution >= 4 is 29.2 Å². The van der Waals surface area contributed by atoms with Crippen LogP contribution in [0.3, 0.4) is 0 Å². The highest BCUT2D eigenvalue weighted by molar-refractivity contribution is 6.00. The van der Waals surface area contributed by atoms with Crippen molar-refractivity contribution in [1.82, 2.24) is 9.80 Å². The number of fused-ring (bicyclic) bond motifs is 1. The lowest BCUT2D eigenvalue weighted by atomic mass is 10.0. The number of aliphatic hydroxyl groups excluding tert-OH is 1. The predicted molar refractivity (Wildman–Crippen MR) is 184 cm³/mol. The number of anilines is 2. The molecule has 4 atom stereocenters. The molecule has 1 aliphatic heterocycles. The van der Waals surface area contributed by atoms with Gasteiger partial charge in [-0.2, -0.15) is 0 Å². The molecule has 0 bridgehead atoms. The highest BCUT2D eigenvalue weighted by Crippen LogP contribution is 2.29. The van der Waals surface area contributed by atoms with Crippen LogP contribution < -0.4 is 15.4 Å². The van der Waals surface area contributed by atoms with Crippen molar-refractivity contribution in [2.75, 3.05) is 44.0 Å². The Morgan fingerprint density at radius 2 is 1.73 bits per heavy atom. The summed E-state index contributed by atoms with van der Waals surface area (Å²) in [4.78, 5) is 43.3. The third kappa shape index (κ3) is 10.5. The predicted octanol–water partition coefficient (Wildman–Crippen LogP) is 5.97. The van der Waals surface area contributed by atoms with Crippen LogP contribution in [0, 0.1) is 11.7 Å². The van der Waals surface area contributed by atoms with Gasteiger partial charge in [0.05, 0.1) is 36.8 Å². The molecule has 0 aliphatic carbocycles. The zero-order chi connectivity index (χ0) is 34.6. The number of amides is 4. The summed E-state index contributed by atoms with van der Waals surface area (Å²) in [7, 11) is 1.66. The molecule has 1 aliphatic rings. The second kappa shape index (κ2) is 17.6. The molecule has 0 radical (unpaired) electrons. The summed E-state index contributed by atoms with van der Waals surface area (Å²) >= 11 is 0. The lowest BCUT2D eigenvalue weighted by molar-refractivity contribution is -0.115. The third-order valence-corrected chi connectivity index (χ3v) is 8.44. The van der Waals surface area contributed by atoms with Gasteiger partial charge in [0, 0.05) is 44.0 Å². The lowest BCUT2D eigenvalue weighted by Crippen LogP contribution is -2.48. The van der Waals surface area contributed by atoms with E-state index in [9.17, 15) is 23.9 Å². The standard InChI is InChI=1S/C37H47FN4O6/c1-25-22-42(26(2)24-43)36(45)32-21-31(39-35(44)20-28-11-6-5-7-12-28)17-18-33(32)48-27(3)10-8-9-19-47-34(25)23-41(4)37(46)40-30-15-13-29(38)14-16-30/h5-7,11-18,21,25-27,34,43H,8-10,19-20,22-24H2,1-4H3,(H,39,44)(H,40,46)/t25-,26+,27+,34+/m0/s1. The monoisotopic (exact) mass is 662 g/mol. The van der Waals surface area contributed by atoms with Crippen LogP contribution in [-0.4, -0.2) is 84.4 Å². The second-order valence-corrected chi connectivity index (χ2v) is 12.5. The Kier molecular flexibility index (Phi) is 13.3. The maximum absolute atomic E-state index is 14.3. The quantitative estimate of drug-likeness (QED) is 0.274. The van der Waals surface area contributed by atoms with E-state index in [2.05, 4.69) is 10.6 Å². The molecular formula is C37H47FN4O6. The summed E-state index contributed by atoms with van der Waals surface area (Å²) in [5, 5.41) is 15.9. The van der Waals surface area contributed by atoms with Gasteiger partial charge in [-0.15, -0.1) is 0 Å². The summed E-state index contributed by atoms with van der Waals surface area (Å²) in [6.07, 6.45) is 1.88. The van der Waals surface area contributed by atoms with Gasteiger partial charge in [0.1, 0.15) is 11.6 Å². The molecular weight excluding hydrogens is 615 g/mol. The minimum Gasteiger partial charge on any atom is -0.490 e. The van der Waals surface area contributed by atoms with Gasteiger partial charge in [0.2, 0.25) is 5.91 Å². The summed E-state index contributed by atoms with van der Waals surface area (Å²) in [5.74, 6) is -0.817. The zero-order valence-corrected chi connectivity index (χ0v) is 28.2. The third-order valence-electron chi connectivity index (χ3n) is 8.44. The van der Waals surface area contributed by atoms with Gasteiger partial charge < -0.3 is 35.0 Å². The molecule has 48 heavy (non-hydrogen) atoms. The molecule has 3 aromatic rings. The van der Waals surface area contributed by atoms with E-state index in [1.165, 1.54) is 29.2 Å². The smallest absolute Gasteiger partial charge is 0.321 e. The first-order valence-electron chi connectivity index (χ1n) is 16.5. The number of rotatable bonds is 8. The minimum atomic E-state index is -0.547. The Balaban J connectivity index is 1.57. The number of carbonyl (C=O) groups excluding carboxylic acids is 3. The van der Waals surface area contributed by atoms with E-state index in [4.69, 9.17) is 9.47 Å². The second-order valence-electron chi connectivity index (χ2n) is 12.5. The molecule has 4 rings (SSSR count). The highest BCUT2D eigenvalue weighted by atomic mass is 19.1. The number of urea groups is 1. The minimum absolute atomic E-state index is 0.183. The molecule has 0 saturated heterocycles. The fraction of sp³-hybridized carbons (Fsp3) is 0.432. The first-order chi connectivity index (χ1) is 23.0. The number of hydrogen-bond donors (Lipinski definition) is 3. The maximum Gasteiger partial charge on any atom is 0.321 e. The van der Waals surface area contributed by atoms with Gasteiger partial charge in [-0.3, -0.25) is 9.59 Å². The zero-order valence-electron chi connectivity index (χ0n) is 28.2. The van der Waals surface area contributed by atoms with Crippen LogP contribution >= 0.6 is 0 Å². The SMILES string of the molecule is C[C@@H]1CCCCO[C@H](CN(C)C(=O)Nc2ccc(F)cc2)[C@@H](C)CN([C@H](C)CO)C(=O)c2cc(NC(=O)Cc3ccccc3)ccc2O1. The van der Waals surface area contributed by atoms with E-state index in [0.717, 1.165) is 24.8 Å². The molecule has 10 nitrogen and oxygen atoms in total. The van der Waals surface area contributed by atoms with E-state index in [-0.39, 0.29) is 61.5 Å². The average Bonchev–Trinajstić information content (AvgIpc) is 3.07. The largest absolute Gasteiger partial charge is 0.490 e. The molecule has 3 aromatic carbocycles. The van der Waals surface area contributed by atoms with Gasteiger partial charge in [-0.1, -0.05) is 37.3 Å². The van der Waals surface area contributed by atoms with Crippen molar-refractivity contribution in [1.29, 1.82) is 0 Å². The number of carbonyl (C=O) groups is 3. The van der Waals surface area contributed by atoms with E-state index in [1.54, 1.807) is 37.1 Å². The van der Waals surface area contributed by atoms with Gasteiger partial charge in [0.15, 0.2) is 0 Å². The van der Waals surface area contributed by atoms with Crippen LogP contribution in [0.25, 0.3) is 0 Å². The van der Waals surface area contributed by atoms with Crippen molar-refractivity contribution < 1.29 is 33.4 Å². The average molecular weight is 663 g/mol. The topological polar surface area (TPSA) is 120 Å². The number of benzene rings is 3. The summed E-state index contributed by atoms with van der Waals surface area (Å²) in [6, 6.07) is 19.1. The Hall–Kier alpha value is -4.48. The lowest BCUT2D eigenvalue weighted by Gasteiger charge is -2.35. The Morgan fingerprint density at radius 3 is 2.44 bits per heavy atom. The van der Waals surface area contributed by atoms with Gasteiger partial charge >= 0.3 is 6.03 Å². The van der Waals surface area contributed by atoms with Crippen molar-refractivity contribution in [3.05, 3.63) is 89.7 Å². The number of likely N-dealkylation sites (N-methyl/N-ethyl adjacent to an activating group) is 1. The van der Waals surface area contributed by atoms with Crippen molar-refractivity contribution in [3.63, 3.8) is 0 Å². The molecule has 0 fully saturated rings. The van der Waals surface area contributed by atoms with Crippen LogP contribution in [0.5, 0.6) is 5.75 Å². The highest BCUT2D eigenvalue weighted by Gasteiger charge is 2.31. The number of ether oxygens (including phenoxy) is 2. The fourth-order valence-electron chi connectivity index (χ4n) is 5.55. The normalized spacial score (nSPS) is 19.7. The van der Waals surface area contributed by atoms with Crippen LogP contribution in [-0.2, 0) is 16.0 Å². The summed E-state index contributed by atoms with van der Waals surface area (Å²) in [6.45, 7) is 6.30. The van der Waals surface area contributed by atoms with E-state index in [1.807, 2.05) is 44.2 Å². The number of nitrogens with zero attached hydrogens (tertiary/aromatic N) is 2. The Bertz CT molecular complexity index is 1510. The first kappa shape index (κ1) is 36.4. The molecule has 1 heterocycles. The van der Waals surface area contributed by atoms with Crippen LogP contribution in [0.1, 0.15) is 56.0 Å². The molecule has 258 valence electrons. The Morgan fingerprint density at radius 1 is 1.02 bits per heavy atom. The maximum atomic E-state index is 14.3. The number of aliphatic hydroxyl groups is 1. The molecule has 11 heteroatoms. The Labute approximate surface area is 282 Å². The van der Waals surface area contributed by atoms with Crippen molar-refractivity contribution in [2.45, 2.75) is 64.7 Å². The van der Waals surface area contributed by atoms with Gasteiger partial charge in [-0.25, -0.2) is 9.18 Å². The van der Waals surface area contributed by atoms with Crippen LogP contribution in [0.2, 0.25) is 0 Å². The number of hydrogen-bond acceptors (Lipinski definition) is 6. The van der Waals surface area contributed by atoms with E-state index < -0.39 is 18.0 Å². The van der Waals surface area contributed by atoms with Crippen molar-refractivity contribution in [2.24, 2.45) is 5.92 Å². The molecule has 0 aromatic heterocycles. The fourth-order valence-corrected chi connectivity index (χ4v) is 5.55. The van der Waals surface area contributed by atoms with Gasteiger partial charge in [-0.05, 0) is 81.1 Å². The summed E-state index contributed by atoms with van der Waals surface area (Å²) in [5.41, 5.74) is 2.07. The number of halogens is 1. The van der Waals surface area contributed by atoms with Crippen LogP contribution in [0.15, 0.2) is 72.8 Å². The van der Waals surface area contributed by atoms with E-state index >= 15 is 0 Å². The molecule has 3 N–H and O–H groups in total. The number of nitrogens with one attached hydrogen (secondary N) is 2. The van der Waals surface area contributed by atoms with Gasteiger partial charge in [0.25, 0.3) is 5.91 Å². The first-order valence-corrected chi connectivity index (χ1v) is 16.5. The summed E-state index contributed by atoms with van der Waals surface area (Å²) < 4.78 is 26.0. The van der Waals surface area contributed by atoms with Crippen molar-refractivity contribution in [3.8, 4) is 5.75 Å². The van der Waals surface area contributed by atoms with E-state index in [0.29, 0.717) is 23.7 Å². The molecule has 4 amide bonds. The molecule has 0 saturated carbocycles.